The van der Waals surface area contributed by atoms with Gasteiger partial charge < -0.3 is 0 Å². The molecule has 0 N–H and O–H groups in total. The van der Waals surface area contributed by atoms with Gasteiger partial charge in [-0.2, -0.15) is 0 Å². The van der Waals surface area contributed by atoms with E-state index in [1.807, 2.05) is 0 Å². The molecule has 0 saturated heterocycles. The molecule has 3 fully saturated rings. The van der Waals surface area contributed by atoms with Gasteiger partial charge in [0, 0.05) is 0 Å². The first kappa shape index (κ1) is 20.3. The molecule has 0 nitrogen and oxygen atoms in total. The van der Waals surface area contributed by atoms with Gasteiger partial charge in [-0.25, -0.2) is 13.2 Å². The van der Waals surface area contributed by atoms with Crippen molar-refractivity contribution in [2.45, 2.75) is 89.9 Å². The molecule has 28 heavy (non-hydrogen) atoms. The second kappa shape index (κ2) is 9.22. The van der Waals surface area contributed by atoms with Gasteiger partial charge in [0.15, 0.2) is 17.5 Å². The second-order valence-corrected chi connectivity index (χ2v) is 9.91. The SMILES string of the molecule is Fc1cc(CCC2CCC(C3CCC(C4CCCC4)CC3)CC2)cc(F)c1F. The average Bonchev–Trinajstić information content (AvgIpc) is 3.26. The summed E-state index contributed by atoms with van der Waals surface area (Å²) in [7, 11) is 0. The van der Waals surface area contributed by atoms with Gasteiger partial charge in [-0.1, -0.05) is 38.5 Å². The minimum Gasteiger partial charge on any atom is -0.204 e. The lowest BCUT2D eigenvalue weighted by Gasteiger charge is -2.39. The number of halogens is 3. The first-order valence-corrected chi connectivity index (χ1v) is 11.7. The van der Waals surface area contributed by atoms with Gasteiger partial charge in [-0.3, -0.25) is 0 Å². The van der Waals surface area contributed by atoms with Crippen molar-refractivity contribution in [2.24, 2.45) is 29.6 Å². The van der Waals surface area contributed by atoms with E-state index in [0.717, 1.165) is 42.2 Å². The molecule has 0 unspecified atom stereocenters. The molecule has 1 aromatic rings. The molecule has 0 aromatic heterocycles. The van der Waals surface area contributed by atoms with E-state index in [2.05, 4.69) is 0 Å². The van der Waals surface area contributed by atoms with Gasteiger partial charge in [0.2, 0.25) is 0 Å². The third-order valence-corrected chi connectivity index (χ3v) is 8.33. The van der Waals surface area contributed by atoms with Crippen LogP contribution in [0, 0.1) is 47.0 Å². The normalized spacial score (nSPS) is 32.0. The van der Waals surface area contributed by atoms with E-state index in [1.54, 1.807) is 0 Å². The molecular weight excluding hydrogens is 357 g/mol. The predicted octanol–water partition coefficient (Wildman–Crippen LogP) is 7.84. The number of hydrogen-bond donors (Lipinski definition) is 0. The van der Waals surface area contributed by atoms with Crippen LogP contribution in [0.15, 0.2) is 12.1 Å². The minimum absolute atomic E-state index is 0.587. The second-order valence-electron chi connectivity index (χ2n) is 9.91. The Balaban J connectivity index is 1.19. The highest BCUT2D eigenvalue weighted by Crippen LogP contribution is 2.46. The van der Waals surface area contributed by atoms with Gasteiger partial charge >= 0.3 is 0 Å². The molecular formula is C25H35F3. The van der Waals surface area contributed by atoms with Crippen LogP contribution in [0.2, 0.25) is 0 Å². The Morgan fingerprint density at radius 3 is 1.54 bits per heavy atom. The smallest absolute Gasteiger partial charge is 0.194 e. The molecule has 0 spiro atoms. The molecule has 0 heterocycles. The van der Waals surface area contributed by atoms with Crippen LogP contribution in [0.1, 0.15) is 89.0 Å². The Bertz CT molecular complexity index is 610. The zero-order chi connectivity index (χ0) is 19.5. The molecule has 0 radical (unpaired) electrons. The Morgan fingerprint density at radius 1 is 0.607 bits per heavy atom. The van der Waals surface area contributed by atoms with Gasteiger partial charge in [0.05, 0.1) is 0 Å². The molecule has 3 saturated carbocycles. The standard InChI is InChI=1S/C25H35F3/c26-23-15-18(16-24(27)25(23)28)6-5-17-7-9-20(10-8-17)22-13-11-21(12-14-22)19-3-1-2-4-19/h15-17,19-22H,1-14H2. The van der Waals surface area contributed by atoms with Crippen LogP contribution in [0.25, 0.3) is 0 Å². The highest BCUT2D eigenvalue weighted by atomic mass is 19.2. The first-order chi connectivity index (χ1) is 13.6. The van der Waals surface area contributed by atoms with Crippen molar-refractivity contribution >= 4 is 0 Å². The zero-order valence-electron chi connectivity index (χ0n) is 17.1. The summed E-state index contributed by atoms with van der Waals surface area (Å²) in [5.74, 6) is 1.08. The molecule has 4 rings (SSSR count). The third kappa shape index (κ3) is 4.76. The number of hydrogen-bond acceptors (Lipinski definition) is 0. The highest BCUT2D eigenvalue weighted by Gasteiger charge is 2.33. The summed E-state index contributed by atoms with van der Waals surface area (Å²) in [6, 6.07) is 2.32. The molecule has 3 heteroatoms. The quantitative estimate of drug-likeness (QED) is 0.448. The highest BCUT2D eigenvalue weighted by molar-refractivity contribution is 5.19. The maximum atomic E-state index is 13.4. The summed E-state index contributed by atoms with van der Waals surface area (Å²) < 4.78 is 39.8. The average molecular weight is 393 g/mol. The number of aryl methyl sites for hydroxylation is 1. The Hall–Kier alpha value is -0.990. The van der Waals surface area contributed by atoms with Crippen molar-refractivity contribution in [1.82, 2.24) is 0 Å². The van der Waals surface area contributed by atoms with Crippen molar-refractivity contribution < 1.29 is 13.2 Å². The van der Waals surface area contributed by atoms with Crippen molar-refractivity contribution in [3.05, 3.63) is 35.1 Å². The maximum Gasteiger partial charge on any atom is 0.194 e. The molecule has 3 aliphatic rings. The summed E-state index contributed by atoms with van der Waals surface area (Å²) in [4.78, 5) is 0. The summed E-state index contributed by atoms with van der Waals surface area (Å²) in [5.41, 5.74) is 0.587. The van der Waals surface area contributed by atoms with E-state index in [9.17, 15) is 13.2 Å². The Labute approximate surface area is 168 Å². The fourth-order valence-corrected chi connectivity index (χ4v) is 6.59. The summed E-state index contributed by atoms with van der Waals surface area (Å²) >= 11 is 0. The number of benzene rings is 1. The van der Waals surface area contributed by atoms with E-state index in [0.29, 0.717) is 17.9 Å². The van der Waals surface area contributed by atoms with Crippen LogP contribution in [0.5, 0.6) is 0 Å². The Morgan fingerprint density at radius 2 is 1.04 bits per heavy atom. The fourth-order valence-electron chi connectivity index (χ4n) is 6.59. The third-order valence-electron chi connectivity index (χ3n) is 8.33. The predicted molar refractivity (Wildman–Crippen MR) is 107 cm³/mol. The van der Waals surface area contributed by atoms with Crippen molar-refractivity contribution in [3.63, 3.8) is 0 Å². The minimum atomic E-state index is -1.35. The molecule has 3 aliphatic carbocycles. The molecule has 0 aliphatic heterocycles. The van der Waals surface area contributed by atoms with Crippen molar-refractivity contribution in [1.29, 1.82) is 0 Å². The van der Waals surface area contributed by atoms with Gasteiger partial charge in [-0.15, -0.1) is 0 Å². The van der Waals surface area contributed by atoms with E-state index in [-0.39, 0.29) is 0 Å². The van der Waals surface area contributed by atoms with E-state index in [1.165, 1.54) is 77.0 Å². The van der Waals surface area contributed by atoms with Crippen LogP contribution in [0.3, 0.4) is 0 Å². The summed E-state index contributed by atoms with van der Waals surface area (Å²) in [6.07, 6.45) is 18.5. The van der Waals surface area contributed by atoms with E-state index >= 15 is 0 Å². The van der Waals surface area contributed by atoms with Gasteiger partial charge in [0.25, 0.3) is 0 Å². The van der Waals surface area contributed by atoms with Gasteiger partial charge in [0.1, 0.15) is 0 Å². The molecule has 156 valence electrons. The summed E-state index contributed by atoms with van der Waals surface area (Å²) in [6.45, 7) is 0. The molecule has 0 amide bonds. The lowest BCUT2D eigenvalue weighted by molar-refractivity contribution is 0.124. The van der Waals surface area contributed by atoms with Gasteiger partial charge in [-0.05, 0) is 98.7 Å². The van der Waals surface area contributed by atoms with Crippen molar-refractivity contribution in [3.8, 4) is 0 Å². The van der Waals surface area contributed by atoms with Crippen LogP contribution < -0.4 is 0 Å². The maximum absolute atomic E-state index is 13.4. The number of rotatable bonds is 5. The monoisotopic (exact) mass is 392 g/mol. The van der Waals surface area contributed by atoms with E-state index in [4.69, 9.17) is 0 Å². The van der Waals surface area contributed by atoms with Crippen molar-refractivity contribution in [2.75, 3.05) is 0 Å². The lowest BCUT2D eigenvalue weighted by Crippen LogP contribution is -2.27. The topological polar surface area (TPSA) is 0 Å². The molecule has 0 bridgehead atoms. The molecule has 1 aromatic carbocycles. The summed E-state index contributed by atoms with van der Waals surface area (Å²) in [5, 5.41) is 0. The van der Waals surface area contributed by atoms with Crippen LogP contribution in [0.4, 0.5) is 13.2 Å². The van der Waals surface area contributed by atoms with E-state index < -0.39 is 17.5 Å². The fraction of sp³-hybridized carbons (Fsp3) is 0.760. The Kier molecular flexibility index (Phi) is 6.68. The first-order valence-electron chi connectivity index (χ1n) is 11.7. The zero-order valence-corrected chi connectivity index (χ0v) is 17.1. The van der Waals surface area contributed by atoms with Crippen LogP contribution in [-0.2, 0) is 6.42 Å². The van der Waals surface area contributed by atoms with Crippen LogP contribution >= 0.6 is 0 Å². The van der Waals surface area contributed by atoms with Crippen LogP contribution in [-0.4, -0.2) is 0 Å². The molecule has 0 atom stereocenters. The largest absolute Gasteiger partial charge is 0.204 e. The lowest BCUT2D eigenvalue weighted by atomic mass is 9.67.